The van der Waals surface area contributed by atoms with E-state index in [0.29, 0.717) is 0 Å². The van der Waals surface area contributed by atoms with Crippen molar-refractivity contribution in [2.45, 2.75) is 45.2 Å². The summed E-state index contributed by atoms with van der Waals surface area (Å²) in [5, 5.41) is 3.41. The molecule has 2 atom stereocenters. The molecular weight excluding hydrogens is 269 g/mol. The van der Waals surface area contributed by atoms with Crippen molar-refractivity contribution in [2.24, 2.45) is 0 Å². The molecule has 0 aliphatic carbocycles. The van der Waals surface area contributed by atoms with Gasteiger partial charge in [0.1, 0.15) is 0 Å². The minimum atomic E-state index is 0. The Kier molecular flexibility index (Phi) is 9.62. The van der Waals surface area contributed by atoms with Crippen LogP contribution in [-0.2, 0) is 0 Å². The van der Waals surface area contributed by atoms with Crippen molar-refractivity contribution in [3.63, 3.8) is 0 Å². The molecule has 0 aromatic heterocycles. The first-order chi connectivity index (χ1) is 7.77. The van der Waals surface area contributed by atoms with Crippen LogP contribution in [0.3, 0.4) is 0 Å². The molecule has 0 aromatic rings. The van der Waals surface area contributed by atoms with Gasteiger partial charge in [0.05, 0.1) is 0 Å². The average Bonchev–Trinajstić information content (AvgIpc) is 2.30. The Morgan fingerprint density at radius 1 is 0.944 bits per heavy atom. The molecule has 110 valence electrons. The first-order valence-corrected chi connectivity index (χ1v) is 6.96. The van der Waals surface area contributed by atoms with Gasteiger partial charge in [-0.1, -0.05) is 6.42 Å². The zero-order chi connectivity index (χ0) is 11.4. The van der Waals surface area contributed by atoms with Crippen LogP contribution >= 0.6 is 24.8 Å². The van der Waals surface area contributed by atoms with Gasteiger partial charge in [-0.25, -0.2) is 0 Å². The monoisotopic (exact) mass is 297 g/mol. The molecule has 0 aromatic carbocycles. The Morgan fingerprint density at radius 3 is 2.06 bits per heavy atom. The van der Waals surface area contributed by atoms with Gasteiger partial charge in [-0.15, -0.1) is 24.8 Å². The highest BCUT2D eigenvalue weighted by Crippen LogP contribution is 2.21. The Bertz CT molecular complexity index is 200. The summed E-state index contributed by atoms with van der Waals surface area (Å²) in [4.78, 5) is 5.32. The quantitative estimate of drug-likeness (QED) is 0.860. The number of piperazine rings is 1. The molecule has 2 rings (SSSR count). The van der Waals surface area contributed by atoms with Gasteiger partial charge in [-0.2, -0.15) is 0 Å². The van der Waals surface area contributed by atoms with E-state index in [-0.39, 0.29) is 24.8 Å². The van der Waals surface area contributed by atoms with Crippen molar-refractivity contribution in [1.29, 1.82) is 0 Å². The van der Waals surface area contributed by atoms with Crippen molar-refractivity contribution in [3.05, 3.63) is 0 Å². The van der Waals surface area contributed by atoms with Crippen molar-refractivity contribution >= 4 is 24.8 Å². The third-order valence-electron chi connectivity index (χ3n) is 4.26. The molecular formula is C13H29Cl2N3. The van der Waals surface area contributed by atoms with E-state index in [1.165, 1.54) is 58.5 Å². The molecule has 0 amide bonds. The van der Waals surface area contributed by atoms with Crippen LogP contribution in [0.1, 0.15) is 33.1 Å². The Balaban J connectivity index is 0.00000144. The van der Waals surface area contributed by atoms with E-state index in [1.54, 1.807) is 0 Å². The van der Waals surface area contributed by atoms with Crippen LogP contribution in [0.25, 0.3) is 0 Å². The molecule has 2 saturated heterocycles. The van der Waals surface area contributed by atoms with Crippen LogP contribution in [0.15, 0.2) is 0 Å². The Labute approximate surface area is 124 Å². The highest BCUT2D eigenvalue weighted by molar-refractivity contribution is 5.85. The average molecular weight is 298 g/mol. The van der Waals surface area contributed by atoms with Gasteiger partial charge < -0.3 is 5.32 Å². The standard InChI is InChI=1S/C13H27N3.2ClH/c1-12-4-3-5-13(2)16(12)11-10-15-8-6-14-7-9-15;;/h12-14H,3-11H2,1-2H3;2*1H/t12-,13+;;. The van der Waals surface area contributed by atoms with Gasteiger partial charge in [0.15, 0.2) is 0 Å². The van der Waals surface area contributed by atoms with Crippen LogP contribution < -0.4 is 5.32 Å². The first-order valence-electron chi connectivity index (χ1n) is 6.96. The number of hydrogen-bond donors (Lipinski definition) is 1. The van der Waals surface area contributed by atoms with E-state index in [4.69, 9.17) is 0 Å². The van der Waals surface area contributed by atoms with Crippen LogP contribution in [0.4, 0.5) is 0 Å². The van der Waals surface area contributed by atoms with Gasteiger partial charge >= 0.3 is 0 Å². The van der Waals surface area contributed by atoms with Gasteiger partial charge in [0.25, 0.3) is 0 Å². The minimum absolute atomic E-state index is 0. The summed E-state index contributed by atoms with van der Waals surface area (Å²) in [7, 11) is 0. The predicted molar refractivity (Wildman–Crippen MR) is 83.3 cm³/mol. The van der Waals surface area contributed by atoms with Crippen LogP contribution in [0, 0.1) is 0 Å². The Hall–Kier alpha value is 0.460. The summed E-state index contributed by atoms with van der Waals surface area (Å²) in [6, 6.07) is 1.60. The molecule has 1 N–H and O–H groups in total. The number of likely N-dealkylation sites (tertiary alicyclic amines) is 1. The normalized spacial score (nSPS) is 30.3. The number of nitrogens with one attached hydrogen (secondary N) is 1. The third kappa shape index (κ3) is 5.22. The molecule has 18 heavy (non-hydrogen) atoms. The van der Waals surface area contributed by atoms with Crippen LogP contribution in [-0.4, -0.2) is 61.2 Å². The summed E-state index contributed by atoms with van der Waals surface area (Å²) < 4.78 is 0. The molecule has 2 aliphatic heterocycles. The largest absolute Gasteiger partial charge is 0.314 e. The minimum Gasteiger partial charge on any atom is -0.314 e. The van der Waals surface area contributed by atoms with Gasteiger partial charge in [-0.05, 0) is 26.7 Å². The number of nitrogens with zero attached hydrogens (tertiary/aromatic N) is 2. The lowest BCUT2D eigenvalue weighted by molar-refractivity contribution is 0.0851. The molecule has 5 heteroatoms. The fourth-order valence-electron chi connectivity index (χ4n) is 3.11. The molecule has 0 spiro atoms. The zero-order valence-corrected chi connectivity index (χ0v) is 13.4. The topological polar surface area (TPSA) is 18.5 Å². The summed E-state index contributed by atoms with van der Waals surface area (Å²) in [5.41, 5.74) is 0. The molecule has 2 aliphatic rings. The molecule has 0 bridgehead atoms. The van der Waals surface area contributed by atoms with E-state index < -0.39 is 0 Å². The van der Waals surface area contributed by atoms with Gasteiger partial charge in [0, 0.05) is 51.4 Å². The van der Waals surface area contributed by atoms with Crippen molar-refractivity contribution < 1.29 is 0 Å². The number of piperidine rings is 1. The fourth-order valence-corrected chi connectivity index (χ4v) is 3.11. The number of halogens is 2. The maximum Gasteiger partial charge on any atom is 0.0115 e. The SMILES string of the molecule is C[C@@H]1CCC[C@H](C)N1CCN1CCNCC1.Cl.Cl. The second-order valence-electron chi connectivity index (χ2n) is 5.46. The van der Waals surface area contributed by atoms with Gasteiger partial charge in [0.2, 0.25) is 0 Å². The highest BCUT2D eigenvalue weighted by atomic mass is 35.5. The summed E-state index contributed by atoms with van der Waals surface area (Å²) in [6.45, 7) is 12.1. The number of hydrogen-bond acceptors (Lipinski definition) is 3. The maximum absolute atomic E-state index is 3.41. The molecule has 2 heterocycles. The lowest BCUT2D eigenvalue weighted by Gasteiger charge is -2.40. The molecule has 2 fully saturated rings. The molecule has 0 unspecified atom stereocenters. The lowest BCUT2D eigenvalue weighted by Crippen LogP contribution is -2.50. The van der Waals surface area contributed by atoms with E-state index in [0.717, 1.165) is 12.1 Å². The van der Waals surface area contributed by atoms with Crippen molar-refractivity contribution in [1.82, 2.24) is 15.1 Å². The predicted octanol–water partition coefficient (Wildman–Crippen LogP) is 2.00. The van der Waals surface area contributed by atoms with Crippen LogP contribution in [0.2, 0.25) is 0 Å². The van der Waals surface area contributed by atoms with E-state index in [1.807, 2.05) is 0 Å². The summed E-state index contributed by atoms with van der Waals surface area (Å²) >= 11 is 0. The van der Waals surface area contributed by atoms with E-state index in [9.17, 15) is 0 Å². The highest BCUT2D eigenvalue weighted by Gasteiger charge is 2.24. The lowest BCUT2D eigenvalue weighted by atomic mass is 9.97. The number of rotatable bonds is 3. The zero-order valence-electron chi connectivity index (χ0n) is 11.7. The van der Waals surface area contributed by atoms with Gasteiger partial charge in [-0.3, -0.25) is 9.80 Å². The summed E-state index contributed by atoms with van der Waals surface area (Å²) in [5.74, 6) is 0. The second-order valence-corrected chi connectivity index (χ2v) is 5.46. The maximum atomic E-state index is 3.41. The van der Waals surface area contributed by atoms with Crippen molar-refractivity contribution in [3.8, 4) is 0 Å². The van der Waals surface area contributed by atoms with E-state index in [2.05, 4.69) is 29.0 Å². The molecule has 3 nitrogen and oxygen atoms in total. The smallest absolute Gasteiger partial charge is 0.0115 e. The van der Waals surface area contributed by atoms with Crippen molar-refractivity contribution in [2.75, 3.05) is 39.3 Å². The van der Waals surface area contributed by atoms with Crippen LogP contribution in [0.5, 0.6) is 0 Å². The van der Waals surface area contributed by atoms with E-state index >= 15 is 0 Å². The third-order valence-corrected chi connectivity index (χ3v) is 4.26. The molecule has 0 saturated carbocycles. The fraction of sp³-hybridized carbons (Fsp3) is 1.00. The molecule has 0 radical (unpaired) electrons. The Morgan fingerprint density at radius 2 is 1.50 bits per heavy atom. The summed E-state index contributed by atoms with van der Waals surface area (Å²) in [6.07, 6.45) is 4.21. The second kappa shape index (κ2) is 9.38. The first kappa shape index (κ1) is 18.5.